The van der Waals surface area contributed by atoms with Crippen LogP contribution in [0.2, 0.25) is 0 Å². The second-order valence-electron chi connectivity index (χ2n) is 24.5. The zero-order valence-electron chi connectivity index (χ0n) is 59.1. The van der Waals surface area contributed by atoms with Crippen LogP contribution in [0.4, 0.5) is 0 Å². The molecule has 1 heterocycles. The van der Waals surface area contributed by atoms with E-state index in [1.165, 1.54) is 62.4 Å². The quantitative estimate of drug-likeness (QED) is 0.0216. The highest BCUT2D eigenvalue weighted by Crippen LogP contribution is 2.16. The van der Waals surface area contributed by atoms with E-state index in [2.05, 4.69) is 79.1 Å². The number of nitrogens with two attached hydrogens (primary N) is 1. The van der Waals surface area contributed by atoms with Crippen molar-refractivity contribution < 1.29 is 112 Å². The first-order valence-electron chi connectivity index (χ1n) is 33.0. The predicted molar refractivity (Wildman–Crippen MR) is 380 cm³/mol. The Labute approximate surface area is 617 Å². The molecule has 13 amide bonds. The van der Waals surface area contributed by atoms with E-state index in [4.69, 9.17) is 5.73 Å². The highest BCUT2D eigenvalue weighted by molar-refractivity contribution is 7.99. The Balaban J connectivity index is 2.43. The van der Waals surface area contributed by atoms with Crippen molar-refractivity contribution in [2.45, 2.75) is 178 Å². The van der Waals surface area contributed by atoms with Crippen LogP contribution < -0.4 is 74.9 Å². The van der Waals surface area contributed by atoms with Crippen molar-refractivity contribution in [2.24, 2.45) is 17.6 Å². The van der Waals surface area contributed by atoms with Crippen LogP contribution in [0.5, 0.6) is 5.75 Å². The number of phenolic OH excluding ortho intramolecular Hbond substituents is 1. The lowest BCUT2D eigenvalue weighted by Crippen LogP contribution is -2.62. The molecular weight excluding hydrogens is 1440 g/mol. The molecule has 1 aromatic heterocycles. The van der Waals surface area contributed by atoms with Crippen LogP contribution in [0, 0.1) is 11.8 Å². The number of aromatic amines is 1. The van der Waals surface area contributed by atoms with E-state index in [-0.39, 0.29) is 66.2 Å². The van der Waals surface area contributed by atoms with Gasteiger partial charge in [0.15, 0.2) is 0 Å². The number of carboxylic acids is 3. The summed E-state index contributed by atoms with van der Waals surface area (Å²) >= 11 is 3.44. The van der Waals surface area contributed by atoms with Crippen molar-refractivity contribution in [1.29, 1.82) is 0 Å². The maximum absolute atomic E-state index is 14.4. The summed E-state index contributed by atoms with van der Waals surface area (Å²) in [7, 11) is 0. The average Bonchev–Trinajstić information content (AvgIpc) is 1.16. The van der Waals surface area contributed by atoms with Crippen LogP contribution in [0.1, 0.15) is 98.2 Å². The first kappa shape index (κ1) is 91.7. The number of imidazole rings is 1. The molecule has 0 aliphatic rings. The van der Waals surface area contributed by atoms with Crippen LogP contribution in [0.3, 0.4) is 0 Å². The molecule has 14 unspecified atom stereocenters. The standard InChI is InChI=1S/C63H98N16O23S3/c1-9-31(4)50(78-58(96)43(20-36-22-65-27-66-36)73-54(92)40(16-17-103-8)69-52(90)38(64)25-104-28-67-33(6)83)61(99)70-39(14-15-48(86)87)53(91)75-45(23-80)59(97)71-41(18-30(2)3)55(93)74-44(21-49(88)89)56(94)76-46(24-81)60(98)72-42(19-35-10-12-37(85)13-11-35)57(95)79-51(32(5)82)62(100)77-47(63(101)102)26-105-29-68-34(7)84/h10-13,22,27,30-32,38-47,50-51,80-82,85H,9,14-21,23-26,28-29,64H2,1-8H3,(H,65,66)(H,67,83)(H,68,84)(H,69,90)(H,70,99)(H,71,97)(H,72,98)(H,73,92)(H,74,93)(H,75,91)(H,76,94)(H,77,100)(H,78,96)(H,79,95)(H,86,87)(H,88,89)(H,101,102). The fraction of sp³-hybridized carbons (Fsp3) is 0.603. The van der Waals surface area contributed by atoms with Gasteiger partial charge in [0, 0.05) is 56.5 Å². The first-order valence-corrected chi connectivity index (χ1v) is 36.7. The van der Waals surface area contributed by atoms with Gasteiger partial charge in [0.2, 0.25) is 76.8 Å². The SMILES string of the molecule is CCC(C)C(NC(=O)C(Cc1cnc[nH]1)NC(=O)C(CCSC)NC(=O)C(N)CSCNC(C)=O)C(=O)NC(CCC(=O)O)C(=O)NC(CO)C(=O)NC(CC(C)C)C(=O)NC(CC(=O)O)C(=O)NC(CO)C(=O)NC(Cc1ccc(O)cc1)C(=O)NC(C(=O)NC(CSCNC(C)=O)C(=O)O)C(C)O. The number of amides is 13. The number of aliphatic hydroxyl groups is 3. The Morgan fingerprint density at radius 1 is 0.524 bits per heavy atom. The van der Waals surface area contributed by atoms with E-state index in [1.807, 2.05) is 0 Å². The van der Waals surface area contributed by atoms with Gasteiger partial charge in [0.1, 0.15) is 72.2 Å². The Kier molecular flexibility index (Phi) is 41.8. The Hall–Kier alpha value is -9.36. The molecule has 0 saturated carbocycles. The number of aliphatic hydroxyl groups excluding tert-OH is 3. The fourth-order valence-electron chi connectivity index (χ4n) is 9.39. The maximum atomic E-state index is 14.4. The van der Waals surface area contributed by atoms with Crippen LogP contribution in [-0.4, -0.2) is 268 Å². The zero-order chi connectivity index (χ0) is 79.2. The number of aromatic nitrogens is 2. The number of carboxylic acid groups (broad SMARTS) is 3. The van der Waals surface area contributed by atoms with Crippen LogP contribution in [-0.2, 0) is 89.6 Å². The topological polar surface area (TPSA) is 626 Å². The van der Waals surface area contributed by atoms with Gasteiger partial charge in [-0.15, -0.1) is 23.5 Å². The number of carbonyl (C=O) groups is 16. The van der Waals surface area contributed by atoms with E-state index in [0.717, 1.165) is 30.4 Å². The molecule has 0 aliphatic carbocycles. The Morgan fingerprint density at radius 2 is 0.962 bits per heavy atom. The van der Waals surface area contributed by atoms with E-state index in [0.29, 0.717) is 11.4 Å². The third-order valence-corrected chi connectivity index (χ3v) is 17.9. The first-order chi connectivity index (χ1) is 49.4. The lowest BCUT2D eigenvalue weighted by Gasteiger charge is -2.29. The minimum atomic E-state index is -2.12. The minimum Gasteiger partial charge on any atom is -0.508 e. The smallest absolute Gasteiger partial charge is 0.327 e. The molecule has 105 heavy (non-hydrogen) atoms. The molecule has 14 atom stereocenters. The molecule has 0 aliphatic heterocycles. The minimum absolute atomic E-state index is 0.0323. The van der Waals surface area contributed by atoms with Gasteiger partial charge in [0.25, 0.3) is 0 Å². The number of thioether (sulfide) groups is 3. The average molecular weight is 1540 g/mol. The number of nitrogens with zero attached hydrogens (tertiary/aromatic N) is 1. The van der Waals surface area contributed by atoms with E-state index >= 15 is 0 Å². The largest absolute Gasteiger partial charge is 0.508 e. The van der Waals surface area contributed by atoms with Crippen molar-refractivity contribution in [3.63, 3.8) is 0 Å². The van der Waals surface area contributed by atoms with E-state index < -0.39 is 218 Å². The molecule has 0 radical (unpaired) electrons. The van der Waals surface area contributed by atoms with Gasteiger partial charge in [-0.2, -0.15) is 11.8 Å². The second-order valence-corrected chi connectivity index (χ2v) is 27.6. The summed E-state index contributed by atoms with van der Waals surface area (Å²) in [6.07, 6.45) is -0.614. The lowest BCUT2D eigenvalue weighted by molar-refractivity contribution is -0.142. The summed E-state index contributed by atoms with van der Waals surface area (Å²) in [6, 6.07) is -15.2. The molecule has 1 aromatic carbocycles. The predicted octanol–water partition coefficient (Wildman–Crippen LogP) is -6.15. The van der Waals surface area contributed by atoms with Gasteiger partial charge in [-0.25, -0.2) is 9.78 Å². The van der Waals surface area contributed by atoms with Crippen molar-refractivity contribution in [1.82, 2.24) is 79.1 Å². The summed E-state index contributed by atoms with van der Waals surface area (Å²) in [4.78, 5) is 219. The number of aromatic hydroxyl groups is 1. The lowest BCUT2D eigenvalue weighted by atomic mass is 9.96. The highest BCUT2D eigenvalue weighted by atomic mass is 32.2. The number of phenols is 1. The number of carbonyl (C=O) groups excluding carboxylic acids is 13. The third-order valence-electron chi connectivity index (χ3n) is 15.4. The summed E-state index contributed by atoms with van der Waals surface area (Å²) in [5, 5.41) is 102. The summed E-state index contributed by atoms with van der Waals surface area (Å²) in [5.41, 5.74) is 6.70. The highest BCUT2D eigenvalue weighted by Gasteiger charge is 2.39. The number of hydrogen-bond acceptors (Lipinski definition) is 25. The molecule has 586 valence electrons. The van der Waals surface area contributed by atoms with Crippen LogP contribution in [0.25, 0.3) is 0 Å². The summed E-state index contributed by atoms with van der Waals surface area (Å²) in [5.74, 6) is -19.0. The zero-order valence-corrected chi connectivity index (χ0v) is 61.6. The number of nitrogens with one attached hydrogen (secondary N) is 14. The number of rotatable bonds is 50. The summed E-state index contributed by atoms with van der Waals surface area (Å²) < 4.78 is 0. The van der Waals surface area contributed by atoms with Crippen molar-refractivity contribution in [3.8, 4) is 5.75 Å². The molecule has 23 N–H and O–H groups in total. The second kappa shape index (κ2) is 47.9. The van der Waals surface area contributed by atoms with E-state index in [1.54, 1.807) is 34.0 Å². The molecule has 0 spiro atoms. The van der Waals surface area contributed by atoms with Crippen molar-refractivity contribution in [2.75, 3.05) is 48.5 Å². The van der Waals surface area contributed by atoms with Crippen molar-refractivity contribution >= 4 is 130 Å². The molecule has 0 fully saturated rings. The molecule has 0 bridgehead atoms. The van der Waals surface area contributed by atoms with Gasteiger partial charge in [-0.05, 0) is 67.7 Å². The molecule has 2 aromatic rings. The molecule has 39 nitrogen and oxygen atoms in total. The summed E-state index contributed by atoms with van der Waals surface area (Å²) in [6.45, 7) is 7.51. The Morgan fingerprint density at radius 3 is 1.44 bits per heavy atom. The maximum Gasteiger partial charge on any atom is 0.327 e. The molecule has 42 heteroatoms. The van der Waals surface area contributed by atoms with Gasteiger partial charge in [-0.3, -0.25) is 71.9 Å². The van der Waals surface area contributed by atoms with E-state index in [9.17, 15) is 112 Å². The normalized spacial score (nSPS) is 15.1. The van der Waals surface area contributed by atoms with Gasteiger partial charge in [-0.1, -0.05) is 46.2 Å². The Bertz CT molecular complexity index is 3270. The van der Waals surface area contributed by atoms with Crippen LogP contribution in [0.15, 0.2) is 36.8 Å². The molecular formula is C63H98N16O23S3. The van der Waals surface area contributed by atoms with Gasteiger partial charge >= 0.3 is 17.9 Å². The monoisotopic (exact) mass is 1540 g/mol. The number of benzene rings is 1. The number of aliphatic carboxylic acids is 3. The number of H-pyrrole nitrogens is 1. The van der Waals surface area contributed by atoms with Gasteiger partial charge < -0.3 is 116 Å². The van der Waals surface area contributed by atoms with Crippen molar-refractivity contribution in [3.05, 3.63) is 48.0 Å². The molecule has 0 saturated heterocycles. The third kappa shape index (κ3) is 34.9. The van der Waals surface area contributed by atoms with Gasteiger partial charge in [0.05, 0.1) is 49.9 Å². The fourth-order valence-corrected chi connectivity index (χ4v) is 11.6. The van der Waals surface area contributed by atoms with Crippen LogP contribution >= 0.6 is 35.3 Å². The number of hydrogen-bond donors (Lipinski definition) is 22. The molecule has 2 rings (SSSR count).